The van der Waals surface area contributed by atoms with Crippen LogP contribution in [0, 0.1) is 5.41 Å². The van der Waals surface area contributed by atoms with Crippen LogP contribution in [0.5, 0.6) is 0 Å². The number of likely N-dealkylation sites (N-methyl/N-ethyl adjacent to an activating group) is 1. The zero-order valence-corrected chi connectivity index (χ0v) is 16.6. The van der Waals surface area contributed by atoms with Crippen molar-refractivity contribution in [3.8, 4) is 0 Å². The van der Waals surface area contributed by atoms with Gasteiger partial charge in [0, 0.05) is 37.7 Å². The number of amides is 1. The van der Waals surface area contributed by atoms with Crippen LogP contribution in [0.15, 0.2) is 29.4 Å². The number of hydrazone groups is 1. The summed E-state index contributed by atoms with van der Waals surface area (Å²) in [6, 6.07) is 7.21. The van der Waals surface area contributed by atoms with Crippen molar-refractivity contribution in [2.45, 2.75) is 25.7 Å². The van der Waals surface area contributed by atoms with Gasteiger partial charge in [0.25, 0.3) is 5.91 Å². The number of carbonyl (C=O) groups excluding carboxylic acids is 1. The molecule has 1 saturated carbocycles. The zero-order valence-electron chi connectivity index (χ0n) is 15.9. The fraction of sp³-hybridized carbons (Fsp3) is 0.600. The topological polar surface area (TPSA) is 48.4 Å². The molecule has 1 amide bonds. The first-order valence-corrected chi connectivity index (χ1v) is 10.2. The van der Waals surface area contributed by atoms with Crippen LogP contribution in [0.4, 0.5) is 5.69 Å². The summed E-state index contributed by atoms with van der Waals surface area (Å²) in [4.78, 5) is 17.8. The monoisotopic (exact) mass is 390 g/mol. The summed E-state index contributed by atoms with van der Waals surface area (Å²) >= 11 is 5.96. The Bertz CT molecular complexity index is 709. The van der Waals surface area contributed by atoms with Crippen molar-refractivity contribution >= 4 is 29.1 Å². The van der Waals surface area contributed by atoms with Gasteiger partial charge in [-0.3, -0.25) is 4.79 Å². The van der Waals surface area contributed by atoms with Gasteiger partial charge in [0.1, 0.15) is 5.41 Å². The Morgan fingerprint density at radius 3 is 2.48 bits per heavy atom. The quantitative estimate of drug-likeness (QED) is 0.725. The summed E-state index contributed by atoms with van der Waals surface area (Å²) in [6.07, 6.45) is 3.65. The minimum atomic E-state index is -0.534. The lowest BCUT2D eigenvalue weighted by atomic mass is 9.68. The molecule has 1 aromatic rings. The van der Waals surface area contributed by atoms with Gasteiger partial charge in [-0.25, -0.2) is 0 Å². The normalized spacial score (nSPS) is 22.8. The van der Waals surface area contributed by atoms with Gasteiger partial charge in [0.15, 0.2) is 0 Å². The van der Waals surface area contributed by atoms with Gasteiger partial charge in [0.05, 0.1) is 12.3 Å². The Morgan fingerprint density at radius 2 is 1.85 bits per heavy atom. The molecule has 7 heteroatoms. The van der Waals surface area contributed by atoms with Crippen molar-refractivity contribution < 1.29 is 9.53 Å². The van der Waals surface area contributed by atoms with E-state index in [1.54, 1.807) is 12.1 Å². The third-order valence-corrected chi connectivity index (χ3v) is 6.19. The minimum absolute atomic E-state index is 0.0325. The molecule has 3 aliphatic rings. The van der Waals surface area contributed by atoms with E-state index in [-0.39, 0.29) is 5.91 Å². The summed E-state index contributed by atoms with van der Waals surface area (Å²) < 4.78 is 6.04. The number of rotatable bonds is 5. The summed E-state index contributed by atoms with van der Waals surface area (Å²) in [7, 11) is 2.17. The molecule has 1 saturated heterocycles. The molecule has 0 N–H and O–H groups in total. The maximum absolute atomic E-state index is 13.0. The van der Waals surface area contributed by atoms with Crippen molar-refractivity contribution in [2.24, 2.45) is 10.5 Å². The fourth-order valence-corrected chi connectivity index (χ4v) is 4.06. The average Bonchev–Trinajstić information content (AvgIpc) is 2.93. The standard InChI is InChI=1S/C20H27ClN4O2/c1-23-11-13-24(14-12-23)10-3-15-27-18-20(8-2-9-20)19(26)25(22-18)17-6-4-16(21)5-7-17/h4-7H,2-3,8-15H2,1H3. The van der Waals surface area contributed by atoms with Gasteiger partial charge in [-0.1, -0.05) is 18.0 Å². The Morgan fingerprint density at radius 1 is 1.15 bits per heavy atom. The number of anilines is 1. The molecule has 4 rings (SSSR count). The van der Waals surface area contributed by atoms with Crippen LogP contribution in [-0.2, 0) is 9.53 Å². The molecule has 6 nitrogen and oxygen atoms in total. The largest absolute Gasteiger partial charge is 0.479 e. The van der Waals surface area contributed by atoms with Crippen molar-refractivity contribution in [3.63, 3.8) is 0 Å². The molecule has 0 atom stereocenters. The lowest BCUT2D eigenvalue weighted by molar-refractivity contribution is -0.127. The number of hydrogen-bond acceptors (Lipinski definition) is 5. The Hall–Kier alpha value is -1.63. The molecule has 2 heterocycles. The highest BCUT2D eigenvalue weighted by Gasteiger charge is 2.57. The Labute approximate surface area is 165 Å². The second kappa shape index (κ2) is 7.78. The molecular weight excluding hydrogens is 364 g/mol. The Balaban J connectivity index is 1.36. The smallest absolute Gasteiger partial charge is 0.263 e. The third kappa shape index (κ3) is 3.71. The van der Waals surface area contributed by atoms with Crippen molar-refractivity contribution in [1.29, 1.82) is 0 Å². The first kappa shape index (κ1) is 18.7. The van der Waals surface area contributed by atoms with Gasteiger partial charge in [0.2, 0.25) is 5.90 Å². The first-order chi connectivity index (χ1) is 13.1. The van der Waals surface area contributed by atoms with Crippen LogP contribution in [-0.4, -0.2) is 68.0 Å². The average molecular weight is 391 g/mol. The third-order valence-electron chi connectivity index (χ3n) is 5.93. The van der Waals surface area contributed by atoms with E-state index < -0.39 is 5.41 Å². The number of nitrogens with zero attached hydrogens (tertiary/aromatic N) is 4. The van der Waals surface area contributed by atoms with Gasteiger partial charge in [-0.15, -0.1) is 5.10 Å². The number of piperazine rings is 1. The van der Waals surface area contributed by atoms with Crippen molar-refractivity contribution in [2.75, 3.05) is 51.4 Å². The van der Waals surface area contributed by atoms with E-state index >= 15 is 0 Å². The molecule has 1 aliphatic carbocycles. The molecule has 0 radical (unpaired) electrons. The lowest BCUT2D eigenvalue weighted by Crippen LogP contribution is -2.46. The summed E-state index contributed by atoms with van der Waals surface area (Å²) in [6.45, 7) is 6.12. The molecule has 1 aromatic carbocycles. The molecule has 146 valence electrons. The predicted molar refractivity (Wildman–Crippen MR) is 107 cm³/mol. The summed E-state index contributed by atoms with van der Waals surface area (Å²) in [5.41, 5.74) is 0.208. The van der Waals surface area contributed by atoms with Crippen LogP contribution < -0.4 is 5.01 Å². The maximum Gasteiger partial charge on any atom is 0.263 e. The highest BCUT2D eigenvalue weighted by Crippen LogP contribution is 2.48. The second-order valence-electron chi connectivity index (χ2n) is 7.78. The molecule has 2 aliphatic heterocycles. The molecule has 27 heavy (non-hydrogen) atoms. The van der Waals surface area contributed by atoms with Crippen molar-refractivity contribution in [1.82, 2.24) is 9.80 Å². The van der Waals surface area contributed by atoms with Gasteiger partial charge >= 0.3 is 0 Å². The highest BCUT2D eigenvalue weighted by atomic mass is 35.5. The highest BCUT2D eigenvalue weighted by molar-refractivity contribution is 6.30. The van der Waals surface area contributed by atoms with Crippen LogP contribution in [0.1, 0.15) is 25.7 Å². The van der Waals surface area contributed by atoms with Crippen molar-refractivity contribution in [3.05, 3.63) is 29.3 Å². The number of carbonyl (C=O) groups is 1. The van der Waals surface area contributed by atoms with E-state index in [4.69, 9.17) is 16.3 Å². The molecule has 0 bridgehead atoms. The van der Waals surface area contributed by atoms with Crippen LogP contribution >= 0.6 is 11.6 Å². The molecule has 0 unspecified atom stereocenters. The van der Waals surface area contributed by atoms with Gasteiger partial charge < -0.3 is 14.5 Å². The van der Waals surface area contributed by atoms with E-state index in [1.807, 2.05) is 12.1 Å². The summed E-state index contributed by atoms with van der Waals surface area (Å²) in [5, 5.41) is 6.69. The van der Waals surface area contributed by atoms with E-state index in [9.17, 15) is 4.79 Å². The number of halogens is 1. The minimum Gasteiger partial charge on any atom is -0.479 e. The molecule has 0 aromatic heterocycles. The number of benzene rings is 1. The second-order valence-corrected chi connectivity index (χ2v) is 8.22. The van der Waals surface area contributed by atoms with Crippen LogP contribution in [0.2, 0.25) is 5.02 Å². The van der Waals surface area contributed by atoms with E-state index in [0.717, 1.165) is 64.1 Å². The molecule has 1 spiro atoms. The van der Waals surface area contributed by atoms with Gasteiger partial charge in [-0.2, -0.15) is 5.01 Å². The predicted octanol–water partition coefficient (Wildman–Crippen LogP) is 2.82. The van der Waals surface area contributed by atoms with Crippen LogP contribution in [0.3, 0.4) is 0 Å². The summed E-state index contributed by atoms with van der Waals surface area (Å²) in [5.74, 6) is 0.636. The maximum atomic E-state index is 13.0. The molecular formula is C20H27ClN4O2. The van der Waals surface area contributed by atoms with E-state index in [0.29, 0.717) is 17.5 Å². The number of hydrogen-bond donors (Lipinski definition) is 0. The first-order valence-electron chi connectivity index (χ1n) is 9.81. The van der Waals surface area contributed by atoms with E-state index in [1.165, 1.54) is 5.01 Å². The fourth-order valence-electron chi connectivity index (χ4n) is 3.94. The van der Waals surface area contributed by atoms with Gasteiger partial charge in [-0.05, 0) is 50.6 Å². The van der Waals surface area contributed by atoms with E-state index in [2.05, 4.69) is 21.9 Å². The molecule has 2 fully saturated rings. The zero-order chi connectivity index (χ0) is 18.9. The van der Waals surface area contributed by atoms with Crippen LogP contribution in [0.25, 0.3) is 0 Å². The SMILES string of the molecule is CN1CCN(CCCOC2=NN(c3ccc(Cl)cc3)C(=O)C23CCC3)CC1. The number of ether oxygens (including phenoxy) is 1. The lowest BCUT2D eigenvalue weighted by Gasteiger charge is -2.36. The Kier molecular flexibility index (Phi) is 5.39.